The molecule has 1 amide bonds. The van der Waals surface area contributed by atoms with Crippen LogP contribution in [0, 0.1) is 0 Å². The standard InChI is InChI=1S/C10H8BrN3O2/c11-7-4-9(12-5-7)10(15)14-13-6-8-2-1-3-16-8/h1-6,12H,(H,14,15)/b13-6-. The molecule has 0 radical (unpaired) electrons. The summed E-state index contributed by atoms with van der Waals surface area (Å²) in [7, 11) is 0. The van der Waals surface area contributed by atoms with E-state index >= 15 is 0 Å². The predicted molar refractivity (Wildman–Crippen MR) is 62.3 cm³/mol. The first-order valence-corrected chi connectivity index (χ1v) is 5.26. The van der Waals surface area contributed by atoms with Crippen molar-refractivity contribution in [2.75, 3.05) is 0 Å². The van der Waals surface area contributed by atoms with Crippen LogP contribution >= 0.6 is 15.9 Å². The van der Waals surface area contributed by atoms with Crippen LogP contribution < -0.4 is 5.43 Å². The summed E-state index contributed by atoms with van der Waals surface area (Å²) >= 11 is 3.24. The fourth-order valence-electron chi connectivity index (χ4n) is 1.08. The van der Waals surface area contributed by atoms with Gasteiger partial charge in [0.25, 0.3) is 5.91 Å². The highest BCUT2D eigenvalue weighted by Gasteiger charge is 2.05. The first-order valence-electron chi connectivity index (χ1n) is 4.46. The fraction of sp³-hybridized carbons (Fsp3) is 0. The monoisotopic (exact) mass is 281 g/mol. The van der Waals surface area contributed by atoms with Crippen LogP contribution in [0.1, 0.15) is 16.2 Å². The first-order chi connectivity index (χ1) is 7.75. The molecule has 0 fully saturated rings. The molecule has 16 heavy (non-hydrogen) atoms. The van der Waals surface area contributed by atoms with Gasteiger partial charge in [0.2, 0.25) is 0 Å². The van der Waals surface area contributed by atoms with Crippen molar-refractivity contribution in [2.24, 2.45) is 5.10 Å². The molecule has 6 heteroatoms. The largest absolute Gasteiger partial charge is 0.463 e. The van der Waals surface area contributed by atoms with E-state index in [0.29, 0.717) is 11.5 Å². The van der Waals surface area contributed by atoms with Gasteiger partial charge in [-0.15, -0.1) is 0 Å². The average molecular weight is 282 g/mol. The van der Waals surface area contributed by atoms with E-state index in [9.17, 15) is 4.79 Å². The molecule has 2 rings (SSSR count). The molecule has 2 aromatic heterocycles. The number of aromatic amines is 1. The minimum absolute atomic E-state index is 0.312. The van der Waals surface area contributed by atoms with Crippen LogP contribution in [-0.4, -0.2) is 17.1 Å². The Labute approximate surface area is 99.7 Å². The summed E-state index contributed by atoms with van der Waals surface area (Å²) in [6.07, 6.45) is 4.63. The number of aromatic nitrogens is 1. The summed E-state index contributed by atoms with van der Waals surface area (Å²) in [5, 5.41) is 3.75. The van der Waals surface area contributed by atoms with Gasteiger partial charge in [0.1, 0.15) is 11.5 Å². The third-order valence-electron chi connectivity index (χ3n) is 1.79. The zero-order valence-electron chi connectivity index (χ0n) is 8.11. The van der Waals surface area contributed by atoms with E-state index in [4.69, 9.17) is 4.42 Å². The van der Waals surface area contributed by atoms with Crippen LogP contribution in [0.3, 0.4) is 0 Å². The van der Waals surface area contributed by atoms with Crippen molar-refractivity contribution in [1.82, 2.24) is 10.4 Å². The molecule has 0 aliphatic heterocycles. The second-order valence-electron chi connectivity index (χ2n) is 2.95. The Hall–Kier alpha value is -1.82. The van der Waals surface area contributed by atoms with Gasteiger partial charge in [-0.2, -0.15) is 5.10 Å². The van der Waals surface area contributed by atoms with Crippen LogP contribution in [0.5, 0.6) is 0 Å². The molecule has 2 aromatic rings. The van der Waals surface area contributed by atoms with Gasteiger partial charge in [-0.3, -0.25) is 4.79 Å². The number of furan rings is 1. The SMILES string of the molecule is O=C(N/N=C\c1ccco1)c1cc(Br)c[nH]1. The average Bonchev–Trinajstić information content (AvgIpc) is 2.89. The molecule has 5 nitrogen and oxygen atoms in total. The number of hydrogen-bond donors (Lipinski definition) is 2. The van der Waals surface area contributed by atoms with Crippen LogP contribution in [-0.2, 0) is 0 Å². The minimum atomic E-state index is -0.312. The van der Waals surface area contributed by atoms with Gasteiger partial charge >= 0.3 is 0 Å². The highest BCUT2D eigenvalue weighted by Crippen LogP contribution is 2.10. The molecule has 0 saturated heterocycles. The predicted octanol–water partition coefficient (Wildman–Crippen LogP) is 2.13. The summed E-state index contributed by atoms with van der Waals surface area (Å²) in [6.45, 7) is 0. The number of nitrogens with zero attached hydrogens (tertiary/aromatic N) is 1. The maximum atomic E-state index is 11.5. The number of carbonyl (C=O) groups is 1. The van der Waals surface area contributed by atoms with Gasteiger partial charge in [0.05, 0.1) is 12.5 Å². The third kappa shape index (κ3) is 2.60. The van der Waals surface area contributed by atoms with Crippen molar-refractivity contribution in [3.63, 3.8) is 0 Å². The van der Waals surface area contributed by atoms with Gasteiger partial charge in [-0.25, -0.2) is 5.43 Å². The smallest absolute Gasteiger partial charge is 0.287 e. The van der Waals surface area contributed by atoms with Crippen molar-refractivity contribution in [3.05, 3.63) is 46.6 Å². The van der Waals surface area contributed by atoms with Crippen molar-refractivity contribution in [3.8, 4) is 0 Å². The molecule has 0 spiro atoms. The Balaban J connectivity index is 1.94. The van der Waals surface area contributed by atoms with Gasteiger partial charge in [-0.05, 0) is 34.1 Å². The second-order valence-corrected chi connectivity index (χ2v) is 3.86. The van der Waals surface area contributed by atoms with E-state index in [1.807, 2.05) is 0 Å². The molecule has 0 aromatic carbocycles. The van der Waals surface area contributed by atoms with Crippen molar-refractivity contribution in [2.45, 2.75) is 0 Å². The molecule has 0 atom stereocenters. The quantitative estimate of drug-likeness (QED) is 0.668. The zero-order chi connectivity index (χ0) is 11.4. The van der Waals surface area contributed by atoms with Crippen molar-refractivity contribution < 1.29 is 9.21 Å². The third-order valence-corrected chi connectivity index (χ3v) is 2.25. The molecule has 2 N–H and O–H groups in total. The molecule has 82 valence electrons. The number of hydrogen-bond acceptors (Lipinski definition) is 3. The summed E-state index contributed by atoms with van der Waals surface area (Å²) in [4.78, 5) is 14.3. The summed E-state index contributed by atoms with van der Waals surface area (Å²) < 4.78 is 5.82. The number of amides is 1. The Morgan fingerprint density at radius 3 is 3.12 bits per heavy atom. The number of hydrazone groups is 1. The van der Waals surface area contributed by atoms with Crippen molar-refractivity contribution >= 4 is 28.1 Å². The van der Waals surface area contributed by atoms with E-state index in [2.05, 4.69) is 31.4 Å². The van der Waals surface area contributed by atoms with E-state index in [1.54, 1.807) is 24.4 Å². The maximum absolute atomic E-state index is 11.5. The number of carbonyl (C=O) groups excluding carboxylic acids is 1. The zero-order valence-corrected chi connectivity index (χ0v) is 9.69. The lowest BCUT2D eigenvalue weighted by Gasteiger charge is -1.94. The minimum Gasteiger partial charge on any atom is -0.463 e. The van der Waals surface area contributed by atoms with Crippen LogP contribution in [0.25, 0.3) is 0 Å². The molecule has 0 saturated carbocycles. The lowest BCUT2D eigenvalue weighted by molar-refractivity contribution is 0.0951. The summed E-state index contributed by atoms with van der Waals surface area (Å²) in [5.41, 5.74) is 2.80. The molecular formula is C10H8BrN3O2. The van der Waals surface area contributed by atoms with Crippen LogP contribution in [0.15, 0.2) is 44.7 Å². The summed E-state index contributed by atoms with van der Waals surface area (Å²) in [5.74, 6) is 0.265. The first kappa shape index (κ1) is 10.7. The molecule has 0 aliphatic rings. The highest BCUT2D eigenvalue weighted by atomic mass is 79.9. The van der Waals surface area contributed by atoms with Gasteiger partial charge in [-0.1, -0.05) is 0 Å². The Kier molecular flexibility index (Phi) is 3.21. The molecular weight excluding hydrogens is 274 g/mol. The van der Waals surface area contributed by atoms with E-state index in [1.165, 1.54) is 12.5 Å². The van der Waals surface area contributed by atoms with E-state index < -0.39 is 0 Å². The number of rotatable bonds is 3. The lowest BCUT2D eigenvalue weighted by Crippen LogP contribution is -2.17. The van der Waals surface area contributed by atoms with Crippen LogP contribution in [0.4, 0.5) is 0 Å². The highest BCUT2D eigenvalue weighted by molar-refractivity contribution is 9.10. The number of halogens is 1. The van der Waals surface area contributed by atoms with Gasteiger partial charge < -0.3 is 9.40 Å². The second kappa shape index (κ2) is 4.80. The van der Waals surface area contributed by atoms with E-state index in [0.717, 1.165) is 4.47 Å². The summed E-state index contributed by atoms with van der Waals surface area (Å²) in [6, 6.07) is 5.14. The topological polar surface area (TPSA) is 70.4 Å². The fourth-order valence-corrected chi connectivity index (χ4v) is 1.42. The molecule has 0 aliphatic carbocycles. The molecule has 2 heterocycles. The van der Waals surface area contributed by atoms with Crippen molar-refractivity contribution in [1.29, 1.82) is 0 Å². The normalized spacial score (nSPS) is 10.8. The molecule has 0 bridgehead atoms. The Bertz CT molecular complexity index is 502. The van der Waals surface area contributed by atoms with Crippen LogP contribution in [0.2, 0.25) is 0 Å². The Morgan fingerprint density at radius 2 is 2.50 bits per heavy atom. The molecule has 0 unspecified atom stereocenters. The number of H-pyrrole nitrogens is 1. The number of nitrogens with one attached hydrogen (secondary N) is 2. The van der Waals surface area contributed by atoms with E-state index in [-0.39, 0.29) is 5.91 Å². The lowest BCUT2D eigenvalue weighted by atomic mass is 10.4. The van der Waals surface area contributed by atoms with Gasteiger partial charge in [0, 0.05) is 10.7 Å². The maximum Gasteiger partial charge on any atom is 0.287 e. The van der Waals surface area contributed by atoms with Gasteiger partial charge in [0.15, 0.2) is 0 Å². The Morgan fingerprint density at radius 1 is 1.62 bits per heavy atom.